The van der Waals surface area contributed by atoms with Crippen LogP contribution in [-0.2, 0) is 14.6 Å². The molecule has 0 aliphatic carbocycles. The van der Waals surface area contributed by atoms with E-state index in [9.17, 15) is 13.2 Å². The molecule has 0 spiro atoms. The Morgan fingerprint density at radius 1 is 1.15 bits per heavy atom. The fraction of sp³-hybridized carbons (Fsp3) is 0.350. The summed E-state index contributed by atoms with van der Waals surface area (Å²) in [6.07, 6.45) is 1.17. The van der Waals surface area contributed by atoms with Crippen LogP contribution in [0.5, 0.6) is 0 Å². The third-order valence-electron chi connectivity index (χ3n) is 4.44. The predicted octanol–water partition coefficient (Wildman–Crippen LogP) is 2.51. The van der Waals surface area contributed by atoms with Crippen LogP contribution in [0.1, 0.15) is 35.2 Å². The van der Waals surface area contributed by atoms with Crippen molar-refractivity contribution in [2.45, 2.75) is 31.7 Å². The summed E-state index contributed by atoms with van der Waals surface area (Å²) in [5.41, 5.74) is 9.42. The van der Waals surface area contributed by atoms with Gasteiger partial charge in [-0.05, 0) is 42.7 Å². The van der Waals surface area contributed by atoms with Crippen molar-refractivity contribution in [2.24, 2.45) is 11.7 Å². The first-order valence-corrected chi connectivity index (χ1v) is 10.4. The Kier molecular flexibility index (Phi) is 6.21. The van der Waals surface area contributed by atoms with Crippen LogP contribution >= 0.6 is 0 Å². The molecule has 0 saturated carbocycles. The molecule has 5 nitrogen and oxygen atoms in total. The van der Waals surface area contributed by atoms with Crippen molar-refractivity contribution in [3.05, 3.63) is 64.7 Å². The third-order valence-corrected chi connectivity index (χ3v) is 5.55. The van der Waals surface area contributed by atoms with Crippen molar-refractivity contribution in [2.75, 3.05) is 12.8 Å². The average molecular weight is 375 g/mol. The molecule has 140 valence electrons. The Morgan fingerprint density at radius 2 is 1.85 bits per heavy atom. The Balaban J connectivity index is 2.55. The topological polar surface area (TPSA) is 89.3 Å². The van der Waals surface area contributed by atoms with Crippen LogP contribution in [0, 0.1) is 19.8 Å². The second kappa shape index (κ2) is 8.01. The molecule has 0 saturated heterocycles. The van der Waals surface area contributed by atoms with E-state index in [2.05, 4.69) is 5.32 Å². The minimum absolute atomic E-state index is 0.165. The second-order valence-corrected chi connectivity index (χ2v) is 8.80. The van der Waals surface area contributed by atoms with Crippen molar-refractivity contribution in [3.8, 4) is 0 Å². The lowest BCUT2D eigenvalue weighted by atomic mass is 9.93. The number of rotatable bonds is 6. The monoisotopic (exact) mass is 374 g/mol. The lowest BCUT2D eigenvalue weighted by Gasteiger charge is -2.24. The maximum Gasteiger partial charge on any atom is 0.224 e. The number of hydrogen-bond donors (Lipinski definition) is 2. The van der Waals surface area contributed by atoms with Crippen molar-refractivity contribution >= 4 is 15.7 Å². The molecular weight excluding hydrogens is 348 g/mol. The highest BCUT2D eigenvalue weighted by molar-refractivity contribution is 7.90. The lowest BCUT2D eigenvalue weighted by Crippen LogP contribution is -2.36. The number of carbonyl (C=O) groups is 1. The third kappa shape index (κ3) is 4.71. The van der Waals surface area contributed by atoms with E-state index < -0.39 is 15.9 Å². The fourth-order valence-electron chi connectivity index (χ4n) is 2.81. The zero-order valence-electron chi connectivity index (χ0n) is 15.6. The second-order valence-electron chi connectivity index (χ2n) is 6.78. The van der Waals surface area contributed by atoms with E-state index in [4.69, 9.17) is 5.73 Å². The molecule has 2 aromatic carbocycles. The highest BCUT2D eigenvalue weighted by atomic mass is 32.2. The summed E-state index contributed by atoms with van der Waals surface area (Å²) in [6.45, 7) is 6.00. The first-order valence-electron chi connectivity index (χ1n) is 8.51. The van der Waals surface area contributed by atoms with E-state index >= 15 is 0 Å². The van der Waals surface area contributed by atoms with Gasteiger partial charge in [0.15, 0.2) is 9.84 Å². The number of hydrogen-bond acceptors (Lipinski definition) is 4. The Morgan fingerprint density at radius 3 is 2.42 bits per heavy atom. The van der Waals surface area contributed by atoms with Gasteiger partial charge in [0, 0.05) is 18.7 Å². The first kappa shape index (κ1) is 20.1. The molecule has 26 heavy (non-hydrogen) atoms. The van der Waals surface area contributed by atoms with Crippen LogP contribution < -0.4 is 11.1 Å². The molecule has 2 aromatic rings. The van der Waals surface area contributed by atoms with Crippen LogP contribution in [0.4, 0.5) is 0 Å². The van der Waals surface area contributed by atoms with Crippen LogP contribution in [0.15, 0.2) is 47.4 Å². The van der Waals surface area contributed by atoms with Crippen molar-refractivity contribution < 1.29 is 13.2 Å². The summed E-state index contributed by atoms with van der Waals surface area (Å²) >= 11 is 0. The normalized spacial score (nSPS) is 13.9. The van der Waals surface area contributed by atoms with Gasteiger partial charge in [0.25, 0.3) is 0 Å². The molecule has 1 amide bonds. The molecule has 2 rings (SSSR count). The highest BCUT2D eigenvalue weighted by Gasteiger charge is 2.22. The van der Waals surface area contributed by atoms with Gasteiger partial charge in [0.05, 0.1) is 10.9 Å². The van der Waals surface area contributed by atoms with Gasteiger partial charge < -0.3 is 11.1 Å². The van der Waals surface area contributed by atoms with Gasteiger partial charge >= 0.3 is 0 Å². The summed E-state index contributed by atoms with van der Waals surface area (Å²) in [6, 6.07) is 12.2. The van der Waals surface area contributed by atoms with Crippen molar-refractivity contribution in [3.63, 3.8) is 0 Å². The molecule has 0 aliphatic heterocycles. The Labute approximate surface area is 155 Å². The van der Waals surface area contributed by atoms with Gasteiger partial charge in [-0.2, -0.15) is 0 Å². The average Bonchev–Trinajstić information content (AvgIpc) is 2.58. The minimum Gasteiger partial charge on any atom is -0.345 e. The summed E-state index contributed by atoms with van der Waals surface area (Å²) < 4.78 is 23.9. The van der Waals surface area contributed by atoms with Gasteiger partial charge in [-0.25, -0.2) is 8.42 Å². The van der Waals surface area contributed by atoms with Crippen molar-refractivity contribution in [1.82, 2.24) is 5.32 Å². The highest BCUT2D eigenvalue weighted by Crippen LogP contribution is 2.27. The van der Waals surface area contributed by atoms with E-state index in [0.717, 1.165) is 22.3 Å². The predicted molar refractivity (Wildman–Crippen MR) is 104 cm³/mol. The summed E-state index contributed by atoms with van der Waals surface area (Å²) in [5, 5.41) is 3.03. The SMILES string of the molecule is Cc1ccc(C(NC(=O)C(C)CN)c2cccc(S(C)(=O)=O)c2)c(C)c1. The number of benzene rings is 2. The lowest BCUT2D eigenvalue weighted by molar-refractivity contribution is -0.124. The molecule has 6 heteroatoms. The minimum atomic E-state index is -3.34. The van der Waals surface area contributed by atoms with Gasteiger partial charge in [-0.3, -0.25) is 4.79 Å². The van der Waals surface area contributed by atoms with E-state index in [0.29, 0.717) is 0 Å². The molecule has 3 N–H and O–H groups in total. The zero-order chi connectivity index (χ0) is 19.5. The smallest absolute Gasteiger partial charge is 0.224 e. The van der Waals surface area contributed by atoms with Crippen LogP contribution in [0.2, 0.25) is 0 Å². The van der Waals surface area contributed by atoms with Gasteiger partial charge in [0.2, 0.25) is 5.91 Å². The largest absolute Gasteiger partial charge is 0.345 e. The quantitative estimate of drug-likeness (QED) is 0.813. The van der Waals surface area contributed by atoms with E-state index in [1.165, 1.54) is 6.26 Å². The van der Waals surface area contributed by atoms with Gasteiger partial charge in [0.1, 0.15) is 0 Å². The summed E-state index contributed by atoms with van der Waals surface area (Å²) in [7, 11) is -3.34. The van der Waals surface area contributed by atoms with Crippen LogP contribution in [0.25, 0.3) is 0 Å². The van der Waals surface area contributed by atoms with Crippen LogP contribution in [-0.4, -0.2) is 27.1 Å². The summed E-state index contributed by atoms with van der Waals surface area (Å²) in [5.74, 6) is -0.497. The molecule has 0 heterocycles. The molecule has 0 fully saturated rings. The molecular formula is C20H26N2O3S. The van der Waals surface area contributed by atoms with Crippen molar-refractivity contribution in [1.29, 1.82) is 0 Å². The number of carbonyl (C=O) groups excluding carboxylic acids is 1. The number of nitrogens with two attached hydrogens (primary N) is 1. The first-order chi connectivity index (χ1) is 12.1. The Hall–Kier alpha value is -2.18. The number of nitrogens with one attached hydrogen (secondary N) is 1. The molecule has 0 bridgehead atoms. The molecule has 0 radical (unpaired) electrons. The van der Waals surface area contributed by atoms with Crippen LogP contribution in [0.3, 0.4) is 0 Å². The molecule has 0 aromatic heterocycles. The molecule has 2 atom stereocenters. The number of sulfone groups is 1. The van der Waals surface area contributed by atoms with Gasteiger partial charge in [-0.15, -0.1) is 0 Å². The number of aryl methyl sites for hydroxylation is 2. The van der Waals surface area contributed by atoms with E-state index in [1.807, 2.05) is 38.1 Å². The van der Waals surface area contributed by atoms with Gasteiger partial charge in [-0.1, -0.05) is 42.8 Å². The Bertz CT molecular complexity index is 907. The fourth-order valence-corrected chi connectivity index (χ4v) is 3.48. The summed E-state index contributed by atoms with van der Waals surface area (Å²) in [4.78, 5) is 12.7. The standard InChI is InChI=1S/C20H26N2O3S/c1-13-8-9-18(14(2)10-13)19(22-20(23)15(3)12-21)16-6-5-7-17(11-16)26(4,24)25/h5-11,15,19H,12,21H2,1-4H3,(H,22,23). The van der Waals surface area contributed by atoms with E-state index in [-0.39, 0.29) is 23.3 Å². The molecule has 0 aliphatic rings. The maximum atomic E-state index is 12.5. The number of amides is 1. The zero-order valence-corrected chi connectivity index (χ0v) is 16.4. The molecule has 2 unspecified atom stereocenters. The maximum absolute atomic E-state index is 12.5. The van der Waals surface area contributed by atoms with E-state index in [1.54, 1.807) is 25.1 Å².